The predicted octanol–water partition coefficient (Wildman–Crippen LogP) is 3.06. The maximum atomic E-state index is 12.8. The highest BCUT2D eigenvalue weighted by Gasteiger charge is 2.35. The Hall–Kier alpha value is -1.27. The fraction of sp³-hybridized carbons (Fsp3) is 0.444. The topological polar surface area (TPSA) is 61.4 Å². The lowest BCUT2D eigenvalue weighted by atomic mass is 10.1. The number of likely N-dealkylation sites (tertiary alicyclic amines) is 1. The Morgan fingerprint density at radius 2 is 2.12 bits per heavy atom. The lowest BCUT2D eigenvalue weighted by Gasteiger charge is -2.25. The molecule has 1 fully saturated rings. The molecular formula is C18H22Cl3N3O2. The van der Waals surface area contributed by atoms with Crippen molar-refractivity contribution in [1.29, 1.82) is 0 Å². The molecule has 0 aliphatic carbocycles. The van der Waals surface area contributed by atoms with Crippen LogP contribution in [-0.2, 0) is 4.79 Å². The quantitative estimate of drug-likeness (QED) is 0.739. The van der Waals surface area contributed by atoms with Gasteiger partial charge in [0, 0.05) is 24.7 Å². The van der Waals surface area contributed by atoms with E-state index in [9.17, 15) is 9.59 Å². The maximum Gasteiger partial charge on any atom is 0.256 e. The fourth-order valence-electron chi connectivity index (χ4n) is 3.25. The van der Waals surface area contributed by atoms with Crippen molar-refractivity contribution in [3.05, 3.63) is 45.5 Å². The van der Waals surface area contributed by atoms with Gasteiger partial charge in [-0.1, -0.05) is 34.9 Å². The zero-order valence-electron chi connectivity index (χ0n) is 14.3. The number of nitrogens with zero attached hydrogens (tertiary/aromatic N) is 1. The highest BCUT2D eigenvalue weighted by atomic mass is 35.5. The second-order valence-electron chi connectivity index (χ2n) is 6.32. The molecule has 26 heavy (non-hydrogen) atoms. The van der Waals surface area contributed by atoms with Gasteiger partial charge < -0.3 is 15.5 Å². The number of hydrogen-bond acceptors (Lipinski definition) is 3. The smallest absolute Gasteiger partial charge is 0.256 e. The monoisotopic (exact) mass is 417 g/mol. The molecule has 0 saturated carbocycles. The molecule has 2 amide bonds. The SMILES string of the molecule is Cl.O=C(NCC1=CCNCC1)C1CCCN1C(=O)c1cc(Cl)ccc1Cl. The second-order valence-corrected chi connectivity index (χ2v) is 7.16. The van der Waals surface area contributed by atoms with Crippen LogP contribution >= 0.6 is 35.6 Å². The lowest BCUT2D eigenvalue weighted by molar-refractivity contribution is -0.124. The molecular weight excluding hydrogens is 397 g/mol. The average molecular weight is 419 g/mol. The van der Waals surface area contributed by atoms with Gasteiger partial charge in [-0.3, -0.25) is 9.59 Å². The number of amides is 2. The fourth-order valence-corrected chi connectivity index (χ4v) is 3.62. The molecule has 1 atom stereocenters. The summed E-state index contributed by atoms with van der Waals surface area (Å²) in [4.78, 5) is 27.0. The summed E-state index contributed by atoms with van der Waals surface area (Å²) in [6.07, 6.45) is 4.50. The maximum absolute atomic E-state index is 12.8. The van der Waals surface area contributed by atoms with Crippen molar-refractivity contribution in [3.63, 3.8) is 0 Å². The number of nitrogens with one attached hydrogen (secondary N) is 2. The van der Waals surface area contributed by atoms with Crippen LogP contribution in [0.1, 0.15) is 29.6 Å². The van der Waals surface area contributed by atoms with E-state index in [1.54, 1.807) is 23.1 Å². The summed E-state index contributed by atoms with van der Waals surface area (Å²) in [5, 5.41) is 7.01. The highest BCUT2D eigenvalue weighted by molar-refractivity contribution is 6.35. The van der Waals surface area contributed by atoms with E-state index in [0.717, 1.165) is 25.9 Å². The number of hydrogen-bond donors (Lipinski definition) is 2. The minimum Gasteiger partial charge on any atom is -0.351 e. The molecule has 3 rings (SSSR count). The van der Waals surface area contributed by atoms with Crippen LogP contribution in [-0.4, -0.2) is 48.9 Å². The van der Waals surface area contributed by atoms with E-state index in [4.69, 9.17) is 23.2 Å². The molecule has 0 radical (unpaired) electrons. The van der Waals surface area contributed by atoms with Crippen molar-refractivity contribution in [2.24, 2.45) is 0 Å². The van der Waals surface area contributed by atoms with Crippen molar-refractivity contribution >= 4 is 47.4 Å². The lowest BCUT2D eigenvalue weighted by Crippen LogP contribution is -2.46. The summed E-state index contributed by atoms with van der Waals surface area (Å²) in [7, 11) is 0. The Morgan fingerprint density at radius 3 is 2.85 bits per heavy atom. The third-order valence-corrected chi connectivity index (χ3v) is 5.19. The first-order valence-corrected chi connectivity index (χ1v) is 9.24. The van der Waals surface area contributed by atoms with Crippen LogP contribution in [0.2, 0.25) is 10.0 Å². The molecule has 2 N–H and O–H groups in total. The summed E-state index contributed by atoms with van der Waals surface area (Å²) >= 11 is 12.1. The van der Waals surface area contributed by atoms with Gasteiger partial charge in [0.25, 0.3) is 5.91 Å². The normalized spacial score (nSPS) is 19.5. The van der Waals surface area contributed by atoms with E-state index < -0.39 is 6.04 Å². The van der Waals surface area contributed by atoms with E-state index in [-0.39, 0.29) is 24.2 Å². The van der Waals surface area contributed by atoms with Crippen molar-refractivity contribution < 1.29 is 9.59 Å². The van der Waals surface area contributed by atoms with E-state index >= 15 is 0 Å². The van der Waals surface area contributed by atoms with E-state index in [1.165, 1.54) is 5.57 Å². The second kappa shape index (κ2) is 9.60. The van der Waals surface area contributed by atoms with Crippen molar-refractivity contribution in [2.75, 3.05) is 26.2 Å². The molecule has 5 nitrogen and oxygen atoms in total. The summed E-state index contributed by atoms with van der Waals surface area (Å²) in [6.45, 7) is 2.86. The molecule has 1 unspecified atom stereocenters. The predicted molar refractivity (Wildman–Crippen MR) is 106 cm³/mol. The Balaban J connectivity index is 0.00000243. The van der Waals surface area contributed by atoms with Crippen LogP contribution in [0, 0.1) is 0 Å². The van der Waals surface area contributed by atoms with Gasteiger partial charge in [-0.25, -0.2) is 0 Å². The average Bonchev–Trinajstić information content (AvgIpc) is 3.12. The number of carbonyl (C=O) groups is 2. The summed E-state index contributed by atoms with van der Waals surface area (Å²) in [6, 6.07) is 4.34. The minimum absolute atomic E-state index is 0. The van der Waals surface area contributed by atoms with Crippen molar-refractivity contribution in [2.45, 2.75) is 25.3 Å². The third-order valence-electron chi connectivity index (χ3n) is 4.62. The minimum atomic E-state index is -0.454. The zero-order valence-corrected chi connectivity index (χ0v) is 16.6. The van der Waals surface area contributed by atoms with Gasteiger partial charge in [-0.15, -0.1) is 12.4 Å². The van der Waals surface area contributed by atoms with Crippen LogP contribution in [0.3, 0.4) is 0 Å². The number of halogens is 3. The van der Waals surface area contributed by atoms with Gasteiger partial charge >= 0.3 is 0 Å². The van der Waals surface area contributed by atoms with E-state index in [0.29, 0.717) is 35.1 Å². The molecule has 1 aromatic rings. The molecule has 0 aromatic heterocycles. The highest BCUT2D eigenvalue weighted by Crippen LogP contribution is 2.26. The first kappa shape index (κ1) is 21.0. The Bertz CT molecular complexity index is 709. The van der Waals surface area contributed by atoms with Crippen molar-refractivity contribution in [1.82, 2.24) is 15.5 Å². The largest absolute Gasteiger partial charge is 0.351 e. The van der Waals surface area contributed by atoms with Gasteiger partial charge in [-0.2, -0.15) is 0 Å². The Morgan fingerprint density at radius 1 is 1.31 bits per heavy atom. The Kier molecular flexibility index (Phi) is 7.77. The van der Waals surface area contributed by atoms with E-state index in [1.807, 2.05) is 0 Å². The molecule has 2 aliphatic heterocycles. The van der Waals surface area contributed by atoms with Crippen molar-refractivity contribution in [3.8, 4) is 0 Å². The molecule has 1 saturated heterocycles. The molecule has 142 valence electrons. The van der Waals surface area contributed by atoms with Gasteiger partial charge in [0.1, 0.15) is 6.04 Å². The van der Waals surface area contributed by atoms with Crippen LogP contribution in [0.15, 0.2) is 29.8 Å². The molecule has 2 heterocycles. The van der Waals surface area contributed by atoms with Gasteiger partial charge in [0.05, 0.1) is 10.6 Å². The van der Waals surface area contributed by atoms with Crippen LogP contribution in [0.4, 0.5) is 0 Å². The van der Waals surface area contributed by atoms with Crippen LogP contribution in [0.5, 0.6) is 0 Å². The van der Waals surface area contributed by atoms with Gasteiger partial charge in [-0.05, 0) is 44.0 Å². The standard InChI is InChI=1S/C18H21Cl2N3O2.ClH/c19-13-3-4-15(20)14(10-13)18(25)23-9-1-2-16(23)17(24)22-11-12-5-7-21-8-6-12;/h3-5,10,16,21H,1-2,6-9,11H2,(H,22,24);1H. The van der Waals surface area contributed by atoms with E-state index in [2.05, 4.69) is 16.7 Å². The summed E-state index contributed by atoms with van der Waals surface area (Å²) < 4.78 is 0. The first-order chi connectivity index (χ1) is 12.1. The van der Waals surface area contributed by atoms with Gasteiger partial charge in [0.15, 0.2) is 0 Å². The number of carbonyl (C=O) groups excluding carboxylic acids is 2. The third kappa shape index (κ3) is 4.92. The molecule has 0 bridgehead atoms. The van der Waals surface area contributed by atoms with Gasteiger partial charge in [0.2, 0.25) is 5.91 Å². The summed E-state index contributed by atoms with van der Waals surface area (Å²) in [5.41, 5.74) is 1.57. The molecule has 2 aliphatic rings. The van der Waals surface area contributed by atoms with Crippen LogP contribution in [0.25, 0.3) is 0 Å². The Labute approximate surface area is 169 Å². The first-order valence-electron chi connectivity index (χ1n) is 8.48. The molecule has 1 aromatic carbocycles. The number of rotatable bonds is 4. The zero-order chi connectivity index (χ0) is 17.8. The molecule has 0 spiro atoms. The number of benzene rings is 1. The van der Waals surface area contributed by atoms with Crippen LogP contribution < -0.4 is 10.6 Å². The molecule has 8 heteroatoms. The summed E-state index contributed by atoms with van der Waals surface area (Å²) in [5.74, 6) is -0.352.